The van der Waals surface area contributed by atoms with Crippen LogP contribution in [0.1, 0.15) is 26.7 Å². The summed E-state index contributed by atoms with van der Waals surface area (Å²) in [6, 6.07) is 5.61. The van der Waals surface area contributed by atoms with E-state index in [2.05, 4.69) is 24.5 Å². The Bertz CT molecular complexity index is 424. The molecule has 106 valence electrons. The van der Waals surface area contributed by atoms with Crippen LogP contribution in [-0.4, -0.2) is 25.6 Å². The lowest BCUT2D eigenvalue weighted by Crippen LogP contribution is -2.28. The number of anilines is 1. The Balaban J connectivity index is 2.42. The van der Waals surface area contributed by atoms with Crippen molar-refractivity contribution in [1.29, 1.82) is 0 Å². The number of nitrogens with one attached hydrogen (secondary N) is 2. The predicted octanol–water partition coefficient (Wildman–Crippen LogP) is 3.07. The zero-order valence-electron chi connectivity index (χ0n) is 11.6. The molecule has 0 saturated carbocycles. The lowest BCUT2D eigenvalue weighted by molar-refractivity contribution is -0.116. The van der Waals surface area contributed by atoms with Crippen LogP contribution in [-0.2, 0) is 4.79 Å². The van der Waals surface area contributed by atoms with Crippen molar-refractivity contribution in [1.82, 2.24) is 5.32 Å². The van der Waals surface area contributed by atoms with E-state index in [0.29, 0.717) is 35.5 Å². The summed E-state index contributed by atoms with van der Waals surface area (Å²) >= 11 is 5.99. The lowest BCUT2D eigenvalue weighted by Gasteiger charge is -2.11. The van der Waals surface area contributed by atoms with E-state index in [1.165, 1.54) is 0 Å². The van der Waals surface area contributed by atoms with E-state index in [0.717, 1.165) is 6.42 Å². The van der Waals surface area contributed by atoms with Crippen molar-refractivity contribution < 1.29 is 9.53 Å². The number of amides is 1. The largest absolute Gasteiger partial charge is 0.495 e. The number of halogens is 1. The average Bonchev–Trinajstić information content (AvgIpc) is 2.38. The van der Waals surface area contributed by atoms with Crippen LogP contribution in [0.2, 0.25) is 5.02 Å². The molecule has 0 heterocycles. The van der Waals surface area contributed by atoms with Crippen molar-refractivity contribution in [2.75, 3.05) is 19.0 Å². The van der Waals surface area contributed by atoms with Gasteiger partial charge in [0.2, 0.25) is 5.91 Å². The molecule has 1 unspecified atom stereocenters. The van der Waals surface area contributed by atoms with E-state index >= 15 is 0 Å². The van der Waals surface area contributed by atoms with E-state index in [-0.39, 0.29) is 5.91 Å². The molecule has 1 aromatic rings. The Hall–Kier alpha value is -1.26. The van der Waals surface area contributed by atoms with Crippen molar-refractivity contribution in [3.05, 3.63) is 23.2 Å². The molecule has 0 aromatic heterocycles. The van der Waals surface area contributed by atoms with Crippen LogP contribution in [0.25, 0.3) is 0 Å². The van der Waals surface area contributed by atoms with Crippen LogP contribution in [0.4, 0.5) is 5.69 Å². The highest BCUT2D eigenvalue weighted by molar-refractivity contribution is 6.32. The van der Waals surface area contributed by atoms with E-state index in [9.17, 15) is 4.79 Å². The molecule has 1 aromatic carbocycles. The molecule has 2 N–H and O–H groups in total. The summed E-state index contributed by atoms with van der Waals surface area (Å²) in [4.78, 5) is 11.7. The number of ether oxygens (including phenoxy) is 1. The normalized spacial score (nSPS) is 12.0. The van der Waals surface area contributed by atoms with E-state index in [1.54, 1.807) is 25.3 Å². The molecule has 0 aliphatic rings. The second kappa shape index (κ2) is 8.02. The molecule has 0 spiro atoms. The van der Waals surface area contributed by atoms with E-state index < -0.39 is 0 Å². The molecule has 1 amide bonds. The zero-order valence-corrected chi connectivity index (χ0v) is 12.4. The lowest BCUT2D eigenvalue weighted by atomic mass is 10.2. The van der Waals surface area contributed by atoms with Crippen molar-refractivity contribution >= 4 is 23.2 Å². The van der Waals surface area contributed by atoms with Crippen molar-refractivity contribution in [2.24, 2.45) is 0 Å². The Kier molecular flexibility index (Phi) is 6.67. The number of methoxy groups -OCH3 is 1. The van der Waals surface area contributed by atoms with Crippen LogP contribution in [0, 0.1) is 0 Å². The van der Waals surface area contributed by atoms with Crippen LogP contribution >= 0.6 is 11.6 Å². The Labute approximate surface area is 119 Å². The van der Waals surface area contributed by atoms with Gasteiger partial charge in [-0.2, -0.15) is 0 Å². The number of hydrogen-bond donors (Lipinski definition) is 2. The summed E-state index contributed by atoms with van der Waals surface area (Å²) in [7, 11) is 1.56. The molecule has 1 atom stereocenters. The number of rotatable bonds is 7. The molecule has 19 heavy (non-hydrogen) atoms. The fraction of sp³-hybridized carbons (Fsp3) is 0.500. The fourth-order valence-corrected chi connectivity index (χ4v) is 1.80. The van der Waals surface area contributed by atoms with Gasteiger partial charge in [0.05, 0.1) is 12.1 Å². The Morgan fingerprint density at radius 1 is 1.47 bits per heavy atom. The van der Waals surface area contributed by atoms with Gasteiger partial charge >= 0.3 is 0 Å². The summed E-state index contributed by atoms with van der Waals surface area (Å²) in [5, 5.41) is 6.56. The van der Waals surface area contributed by atoms with Crippen LogP contribution in [0.15, 0.2) is 18.2 Å². The number of carbonyl (C=O) groups is 1. The zero-order chi connectivity index (χ0) is 14.3. The molecule has 0 bridgehead atoms. The topological polar surface area (TPSA) is 50.4 Å². The van der Waals surface area contributed by atoms with Gasteiger partial charge in [-0.3, -0.25) is 4.79 Å². The standard InChI is InChI=1S/C14H21ClN2O2/c1-4-10(2)16-8-7-14(18)17-11-5-6-13(19-3)12(15)9-11/h5-6,9-10,16H,4,7-8H2,1-3H3,(H,17,18). The van der Waals surface area contributed by atoms with Gasteiger partial charge in [-0.25, -0.2) is 0 Å². The van der Waals surface area contributed by atoms with Gasteiger partial charge in [0.25, 0.3) is 0 Å². The van der Waals surface area contributed by atoms with E-state index in [1.807, 2.05) is 0 Å². The summed E-state index contributed by atoms with van der Waals surface area (Å²) in [5.41, 5.74) is 0.680. The van der Waals surface area contributed by atoms with Crippen molar-refractivity contribution in [2.45, 2.75) is 32.7 Å². The highest BCUT2D eigenvalue weighted by Crippen LogP contribution is 2.27. The first-order valence-electron chi connectivity index (χ1n) is 6.43. The summed E-state index contributed by atoms with van der Waals surface area (Å²) in [6.07, 6.45) is 1.49. The smallest absolute Gasteiger partial charge is 0.225 e. The minimum atomic E-state index is -0.0305. The van der Waals surface area contributed by atoms with Gasteiger partial charge in [-0.1, -0.05) is 18.5 Å². The van der Waals surface area contributed by atoms with Crippen molar-refractivity contribution in [3.63, 3.8) is 0 Å². The molecule has 0 aliphatic carbocycles. The maximum absolute atomic E-state index is 11.7. The first-order chi connectivity index (χ1) is 9.06. The maximum Gasteiger partial charge on any atom is 0.225 e. The first kappa shape index (κ1) is 15.8. The van der Waals surface area contributed by atoms with Crippen LogP contribution in [0.5, 0.6) is 5.75 Å². The second-order valence-electron chi connectivity index (χ2n) is 4.41. The quantitative estimate of drug-likeness (QED) is 0.809. The number of carbonyl (C=O) groups excluding carboxylic acids is 1. The van der Waals surface area contributed by atoms with E-state index in [4.69, 9.17) is 16.3 Å². The third kappa shape index (κ3) is 5.49. The predicted molar refractivity (Wildman–Crippen MR) is 79.0 cm³/mol. The van der Waals surface area contributed by atoms with Crippen LogP contribution in [0.3, 0.4) is 0 Å². The molecule has 0 saturated heterocycles. The third-order valence-electron chi connectivity index (χ3n) is 2.89. The SMILES string of the molecule is CCC(C)NCCC(=O)Nc1ccc(OC)c(Cl)c1. The van der Waals surface area contributed by atoms with Gasteiger partial charge in [0.1, 0.15) is 5.75 Å². The highest BCUT2D eigenvalue weighted by Gasteiger charge is 2.06. The summed E-state index contributed by atoms with van der Waals surface area (Å²) in [6.45, 7) is 4.88. The van der Waals surface area contributed by atoms with Crippen LogP contribution < -0.4 is 15.4 Å². The average molecular weight is 285 g/mol. The molecule has 0 aliphatic heterocycles. The first-order valence-corrected chi connectivity index (χ1v) is 6.81. The molecule has 0 fully saturated rings. The summed E-state index contributed by atoms with van der Waals surface area (Å²) in [5.74, 6) is 0.565. The number of hydrogen-bond acceptors (Lipinski definition) is 3. The second-order valence-corrected chi connectivity index (χ2v) is 4.82. The number of benzene rings is 1. The van der Waals surface area contributed by atoms with Crippen molar-refractivity contribution in [3.8, 4) is 5.75 Å². The molecular formula is C14H21ClN2O2. The minimum Gasteiger partial charge on any atom is -0.495 e. The monoisotopic (exact) mass is 284 g/mol. The van der Waals surface area contributed by atoms with Gasteiger partial charge < -0.3 is 15.4 Å². The minimum absolute atomic E-state index is 0.0305. The van der Waals surface area contributed by atoms with Gasteiger partial charge in [-0.05, 0) is 31.5 Å². The maximum atomic E-state index is 11.7. The molecule has 4 nitrogen and oxygen atoms in total. The van der Waals surface area contributed by atoms with Gasteiger partial charge in [0, 0.05) is 24.7 Å². The van der Waals surface area contributed by atoms with Gasteiger partial charge in [-0.15, -0.1) is 0 Å². The molecule has 1 rings (SSSR count). The Morgan fingerprint density at radius 3 is 2.79 bits per heavy atom. The molecule has 5 heteroatoms. The summed E-state index contributed by atoms with van der Waals surface area (Å²) < 4.78 is 5.05. The molecule has 0 radical (unpaired) electrons. The Morgan fingerprint density at radius 2 is 2.21 bits per heavy atom. The highest BCUT2D eigenvalue weighted by atomic mass is 35.5. The fourth-order valence-electron chi connectivity index (χ4n) is 1.54. The van der Waals surface area contributed by atoms with Gasteiger partial charge in [0.15, 0.2) is 0 Å². The molecular weight excluding hydrogens is 264 g/mol. The third-order valence-corrected chi connectivity index (χ3v) is 3.19.